The van der Waals surface area contributed by atoms with Crippen LogP contribution in [0.3, 0.4) is 0 Å². The summed E-state index contributed by atoms with van der Waals surface area (Å²) in [7, 11) is 0. The summed E-state index contributed by atoms with van der Waals surface area (Å²) in [6.45, 7) is -0.993. The van der Waals surface area contributed by atoms with E-state index in [1.807, 2.05) is 97.1 Å². The number of benzene rings is 4. The van der Waals surface area contributed by atoms with Gasteiger partial charge in [0, 0.05) is 24.9 Å². The highest BCUT2D eigenvalue weighted by molar-refractivity contribution is 5.85. The molecule has 3 amide bonds. The molecule has 0 atom stereocenters. The number of nitrogens with zero attached hydrogens (tertiary/aromatic N) is 1. The molecule has 0 spiro atoms. The maximum Gasteiger partial charge on any atom is 0.407 e. The molecule has 0 aromatic heterocycles. The second-order valence-corrected chi connectivity index (χ2v) is 11.1. The quantitative estimate of drug-likeness (QED) is 0.216. The third-order valence-corrected chi connectivity index (χ3v) is 8.40. The average molecular weight is 620 g/mol. The van der Waals surface area contributed by atoms with Crippen molar-refractivity contribution in [1.82, 2.24) is 15.5 Å². The van der Waals surface area contributed by atoms with Gasteiger partial charge in [-0.2, -0.15) is 0 Å². The Kier molecular flexibility index (Phi) is 8.96. The maximum absolute atomic E-state index is 12.8. The van der Waals surface area contributed by atoms with Gasteiger partial charge in [0.25, 0.3) is 0 Å². The Bertz CT molecular complexity index is 1700. The number of aliphatic carboxylic acids is 1. The molecule has 0 radical (unpaired) electrons. The molecule has 6 rings (SSSR count). The van der Waals surface area contributed by atoms with Crippen molar-refractivity contribution in [3.63, 3.8) is 0 Å². The molecule has 4 aromatic carbocycles. The number of fused-ring (bicyclic) bond motifs is 6. The lowest BCUT2D eigenvalue weighted by Gasteiger charge is -2.21. The molecular weight excluding hydrogens is 586 g/mol. The molecule has 0 saturated heterocycles. The molecule has 0 fully saturated rings. The number of hydrogen-bond acceptors (Lipinski definition) is 6. The van der Waals surface area contributed by atoms with Gasteiger partial charge in [0.2, 0.25) is 5.91 Å². The largest absolute Gasteiger partial charge is 0.480 e. The van der Waals surface area contributed by atoms with Crippen molar-refractivity contribution in [1.29, 1.82) is 0 Å². The first kappa shape index (κ1) is 30.4. The summed E-state index contributed by atoms with van der Waals surface area (Å²) in [5.41, 5.74) is 8.70. The van der Waals surface area contributed by atoms with Gasteiger partial charge in [-0.15, -0.1) is 0 Å². The summed E-state index contributed by atoms with van der Waals surface area (Å²) < 4.78 is 11.0. The molecule has 234 valence electrons. The molecule has 4 aromatic rings. The van der Waals surface area contributed by atoms with E-state index in [2.05, 4.69) is 10.6 Å². The summed E-state index contributed by atoms with van der Waals surface area (Å²) in [6, 6.07) is 31.9. The van der Waals surface area contributed by atoms with Crippen molar-refractivity contribution in [3.8, 4) is 22.3 Å². The van der Waals surface area contributed by atoms with E-state index >= 15 is 0 Å². The lowest BCUT2D eigenvalue weighted by atomic mass is 9.98. The number of ether oxygens (including phenoxy) is 2. The monoisotopic (exact) mass is 619 g/mol. The van der Waals surface area contributed by atoms with Crippen LogP contribution < -0.4 is 10.6 Å². The second kappa shape index (κ2) is 13.6. The fourth-order valence-corrected chi connectivity index (χ4v) is 6.31. The van der Waals surface area contributed by atoms with Crippen LogP contribution in [0.15, 0.2) is 97.1 Å². The molecule has 0 saturated carbocycles. The summed E-state index contributed by atoms with van der Waals surface area (Å²) in [5, 5.41) is 14.3. The number of carboxylic acid groups (broad SMARTS) is 1. The number of carbonyl (C=O) groups excluding carboxylic acids is 3. The van der Waals surface area contributed by atoms with Gasteiger partial charge in [-0.05, 0) is 44.5 Å². The first-order chi connectivity index (χ1) is 22.4. The Balaban J connectivity index is 0.964. The summed E-state index contributed by atoms with van der Waals surface area (Å²) in [4.78, 5) is 50.3. The zero-order chi connectivity index (χ0) is 32.0. The highest BCUT2D eigenvalue weighted by atomic mass is 16.6. The van der Waals surface area contributed by atoms with Gasteiger partial charge in [-0.1, -0.05) is 97.1 Å². The normalized spacial score (nSPS) is 12.7. The van der Waals surface area contributed by atoms with Crippen LogP contribution in [0.4, 0.5) is 9.59 Å². The van der Waals surface area contributed by atoms with Gasteiger partial charge in [-0.25, -0.2) is 9.59 Å². The number of amides is 3. The van der Waals surface area contributed by atoms with E-state index in [9.17, 15) is 24.3 Å². The standard InChI is InChI=1S/C36H33N3O7/c40-33(19-38-36(44)46-22-32-29-15-7-3-11-25(29)26-12-4-8-16-30(26)32)39(20-34(41)42)18-17-37-35(43)45-21-31-27-13-5-1-9-23(27)24-10-2-6-14-28(24)31/h1-16,31-32H,17-22H2,(H,37,43)(H,38,44)(H,41,42). The van der Waals surface area contributed by atoms with Crippen LogP contribution in [0, 0.1) is 0 Å². The molecule has 0 bridgehead atoms. The second-order valence-electron chi connectivity index (χ2n) is 11.1. The molecule has 46 heavy (non-hydrogen) atoms. The molecule has 3 N–H and O–H groups in total. The minimum atomic E-state index is -1.23. The number of carbonyl (C=O) groups is 4. The lowest BCUT2D eigenvalue weighted by Crippen LogP contribution is -2.46. The summed E-state index contributed by atoms with van der Waals surface area (Å²) in [6.07, 6.45) is -1.47. The average Bonchev–Trinajstić information content (AvgIpc) is 3.57. The Labute approximate surface area is 265 Å². The maximum atomic E-state index is 12.8. The lowest BCUT2D eigenvalue weighted by molar-refractivity contribution is -0.144. The van der Waals surface area contributed by atoms with Crippen molar-refractivity contribution in [3.05, 3.63) is 119 Å². The minimum absolute atomic E-state index is 0.0410. The fourth-order valence-electron chi connectivity index (χ4n) is 6.31. The predicted octanol–water partition coefficient (Wildman–Crippen LogP) is 4.98. The van der Waals surface area contributed by atoms with E-state index in [4.69, 9.17) is 9.47 Å². The van der Waals surface area contributed by atoms with E-state index < -0.39 is 37.2 Å². The van der Waals surface area contributed by atoms with Crippen molar-refractivity contribution >= 4 is 24.1 Å². The topological polar surface area (TPSA) is 134 Å². The fraction of sp³-hybridized carbons (Fsp3) is 0.222. The smallest absolute Gasteiger partial charge is 0.407 e. The summed E-state index contributed by atoms with van der Waals surface area (Å²) >= 11 is 0. The molecular formula is C36H33N3O7. The van der Waals surface area contributed by atoms with Crippen molar-refractivity contribution in [2.75, 3.05) is 39.4 Å². The first-order valence-corrected chi connectivity index (χ1v) is 15.1. The number of nitrogens with one attached hydrogen (secondary N) is 2. The molecule has 0 unspecified atom stereocenters. The molecule has 0 aliphatic heterocycles. The summed E-state index contributed by atoms with van der Waals surface area (Å²) in [5.74, 6) is -2.10. The number of alkyl carbamates (subject to hydrolysis) is 2. The molecule has 0 heterocycles. The number of rotatable bonds is 11. The Morgan fingerprint density at radius 1 is 0.609 bits per heavy atom. The Morgan fingerprint density at radius 3 is 1.41 bits per heavy atom. The predicted molar refractivity (Wildman–Crippen MR) is 170 cm³/mol. The van der Waals surface area contributed by atoms with E-state index in [0.717, 1.165) is 49.4 Å². The molecule has 10 nitrogen and oxygen atoms in total. The van der Waals surface area contributed by atoms with Crippen molar-refractivity contribution in [2.45, 2.75) is 11.8 Å². The van der Waals surface area contributed by atoms with Gasteiger partial charge in [0.05, 0.1) is 0 Å². The van der Waals surface area contributed by atoms with Gasteiger partial charge in [0.1, 0.15) is 26.3 Å². The van der Waals surface area contributed by atoms with Crippen LogP contribution in [0.25, 0.3) is 22.3 Å². The van der Waals surface area contributed by atoms with Gasteiger partial charge in [0.15, 0.2) is 0 Å². The third kappa shape index (κ3) is 6.41. The minimum Gasteiger partial charge on any atom is -0.480 e. The Hall–Kier alpha value is -5.64. The zero-order valence-electron chi connectivity index (χ0n) is 25.0. The van der Waals surface area contributed by atoms with Crippen LogP contribution >= 0.6 is 0 Å². The Morgan fingerprint density at radius 2 is 1.00 bits per heavy atom. The van der Waals surface area contributed by atoms with E-state index in [0.29, 0.717) is 0 Å². The highest BCUT2D eigenvalue weighted by Gasteiger charge is 2.30. The first-order valence-electron chi connectivity index (χ1n) is 15.1. The van der Waals surface area contributed by atoms with Crippen LogP contribution in [-0.4, -0.2) is 73.5 Å². The van der Waals surface area contributed by atoms with Crippen LogP contribution in [-0.2, 0) is 19.1 Å². The van der Waals surface area contributed by atoms with Crippen LogP contribution in [0.1, 0.15) is 34.1 Å². The third-order valence-electron chi connectivity index (χ3n) is 8.40. The van der Waals surface area contributed by atoms with E-state index in [1.54, 1.807) is 0 Å². The molecule has 2 aliphatic rings. The SMILES string of the molecule is O=C(O)CN(CCNC(=O)OCC1c2ccccc2-c2ccccc21)C(=O)CNC(=O)OCC1c2ccccc2-c2ccccc21. The van der Waals surface area contributed by atoms with Gasteiger partial charge >= 0.3 is 18.2 Å². The zero-order valence-corrected chi connectivity index (χ0v) is 25.0. The number of hydrogen-bond donors (Lipinski definition) is 3. The van der Waals surface area contributed by atoms with Crippen molar-refractivity contribution < 1.29 is 33.8 Å². The van der Waals surface area contributed by atoms with Crippen LogP contribution in [0.5, 0.6) is 0 Å². The van der Waals surface area contributed by atoms with Gasteiger partial charge in [-0.3, -0.25) is 9.59 Å². The van der Waals surface area contributed by atoms with E-state index in [-0.39, 0.29) is 38.1 Å². The molecule has 10 heteroatoms. The van der Waals surface area contributed by atoms with Crippen molar-refractivity contribution in [2.24, 2.45) is 0 Å². The van der Waals surface area contributed by atoms with Gasteiger partial charge < -0.3 is 30.1 Å². The highest BCUT2D eigenvalue weighted by Crippen LogP contribution is 2.45. The van der Waals surface area contributed by atoms with E-state index in [1.165, 1.54) is 0 Å². The molecule has 2 aliphatic carbocycles. The number of carboxylic acids is 1. The van der Waals surface area contributed by atoms with Crippen LogP contribution in [0.2, 0.25) is 0 Å².